The third-order valence-electron chi connectivity index (χ3n) is 2.52. The number of thiophene rings is 1. The smallest absolute Gasteiger partial charge is 0.338 e. The molecule has 2 aromatic rings. The summed E-state index contributed by atoms with van der Waals surface area (Å²) >= 11 is 1.55. The topological polar surface area (TPSA) is 81.4 Å². The van der Waals surface area contributed by atoms with Crippen LogP contribution in [0.1, 0.15) is 15.2 Å². The standard InChI is InChI=1S/C14H14N2O3S/c15-11-5-3-10(4-6-11)14(18)19-9-13(17)16-8-12-2-1-7-20-12/h1-7H,8-9,15H2,(H,16,17). The van der Waals surface area contributed by atoms with Gasteiger partial charge in [-0.2, -0.15) is 0 Å². The average molecular weight is 290 g/mol. The van der Waals surface area contributed by atoms with E-state index in [1.807, 2.05) is 17.5 Å². The molecule has 0 spiro atoms. The van der Waals surface area contributed by atoms with Gasteiger partial charge in [-0.25, -0.2) is 4.79 Å². The van der Waals surface area contributed by atoms with E-state index in [4.69, 9.17) is 10.5 Å². The number of carbonyl (C=O) groups is 2. The zero-order chi connectivity index (χ0) is 14.4. The van der Waals surface area contributed by atoms with Crippen LogP contribution < -0.4 is 11.1 Å². The normalized spacial score (nSPS) is 10.0. The number of anilines is 1. The van der Waals surface area contributed by atoms with Crippen molar-refractivity contribution in [1.29, 1.82) is 0 Å². The van der Waals surface area contributed by atoms with Crippen LogP contribution in [0.4, 0.5) is 5.69 Å². The summed E-state index contributed by atoms with van der Waals surface area (Å²) in [5.74, 6) is -0.876. The summed E-state index contributed by atoms with van der Waals surface area (Å²) in [5.41, 5.74) is 6.45. The predicted molar refractivity (Wildman–Crippen MR) is 77.3 cm³/mol. The Labute approximate surface area is 120 Å². The number of carbonyl (C=O) groups excluding carboxylic acids is 2. The molecule has 20 heavy (non-hydrogen) atoms. The van der Waals surface area contributed by atoms with Crippen LogP contribution >= 0.6 is 11.3 Å². The summed E-state index contributed by atoms with van der Waals surface area (Å²) in [6.45, 7) is 0.143. The Hall–Kier alpha value is -2.34. The number of hydrogen-bond donors (Lipinski definition) is 2. The third-order valence-corrected chi connectivity index (χ3v) is 3.40. The summed E-state index contributed by atoms with van der Waals surface area (Å²) in [7, 11) is 0. The van der Waals surface area contributed by atoms with Crippen molar-refractivity contribution in [1.82, 2.24) is 5.32 Å². The van der Waals surface area contributed by atoms with E-state index in [1.165, 1.54) is 0 Å². The first-order chi connectivity index (χ1) is 9.65. The minimum Gasteiger partial charge on any atom is -0.452 e. The fourth-order valence-electron chi connectivity index (χ4n) is 1.48. The highest BCUT2D eigenvalue weighted by Gasteiger charge is 2.09. The van der Waals surface area contributed by atoms with E-state index in [1.54, 1.807) is 35.6 Å². The molecule has 0 saturated carbocycles. The molecular formula is C14H14N2O3S. The maximum Gasteiger partial charge on any atom is 0.338 e. The molecule has 1 aromatic carbocycles. The van der Waals surface area contributed by atoms with Crippen molar-refractivity contribution in [2.24, 2.45) is 0 Å². The highest BCUT2D eigenvalue weighted by molar-refractivity contribution is 7.09. The van der Waals surface area contributed by atoms with Gasteiger partial charge in [0.05, 0.1) is 12.1 Å². The number of amides is 1. The highest BCUT2D eigenvalue weighted by Crippen LogP contribution is 2.08. The molecule has 0 aliphatic heterocycles. The second-order valence-electron chi connectivity index (χ2n) is 4.05. The van der Waals surface area contributed by atoms with E-state index in [-0.39, 0.29) is 12.5 Å². The molecule has 2 rings (SSSR count). The van der Waals surface area contributed by atoms with E-state index >= 15 is 0 Å². The average Bonchev–Trinajstić information content (AvgIpc) is 2.96. The lowest BCUT2D eigenvalue weighted by molar-refractivity contribution is -0.124. The molecule has 3 N–H and O–H groups in total. The lowest BCUT2D eigenvalue weighted by Gasteiger charge is -2.06. The van der Waals surface area contributed by atoms with Crippen LogP contribution in [0.25, 0.3) is 0 Å². The summed E-state index contributed by atoms with van der Waals surface area (Å²) in [5, 5.41) is 4.61. The van der Waals surface area contributed by atoms with Gasteiger partial charge in [0.15, 0.2) is 6.61 Å². The van der Waals surface area contributed by atoms with Gasteiger partial charge < -0.3 is 15.8 Å². The van der Waals surface area contributed by atoms with E-state index in [0.717, 1.165) is 4.88 Å². The van der Waals surface area contributed by atoms with Gasteiger partial charge in [-0.3, -0.25) is 4.79 Å². The SMILES string of the molecule is Nc1ccc(C(=O)OCC(=O)NCc2cccs2)cc1. The molecule has 1 amide bonds. The Morgan fingerprint density at radius 1 is 1.20 bits per heavy atom. The van der Waals surface area contributed by atoms with Crippen LogP contribution in [-0.4, -0.2) is 18.5 Å². The van der Waals surface area contributed by atoms with Gasteiger partial charge >= 0.3 is 5.97 Å². The van der Waals surface area contributed by atoms with Crippen molar-refractivity contribution < 1.29 is 14.3 Å². The molecule has 0 aliphatic carbocycles. The molecule has 1 heterocycles. The number of benzene rings is 1. The minimum absolute atomic E-state index is 0.297. The number of esters is 1. The summed E-state index contributed by atoms with van der Waals surface area (Å²) in [6, 6.07) is 10.2. The first-order valence-corrected chi connectivity index (χ1v) is 6.85. The molecule has 6 heteroatoms. The number of nitrogens with two attached hydrogens (primary N) is 1. The van der Waals surface area contributed by atoms with Crippen LogP contribution in [0, 0.1) is 0 Å². The highest BCUT2D eigenvalue weighted by atomic mass is 32.1. The van der Waals surface area contributed by atoms with Gasteiger partial charge in [0.1, 0.15) is 0 Å². The fraction of sp³-hybridized carbons (Fsp3) is 0.143. The summed E-state index contributed by atoms with van der Waals surface area (Å²) in [6.07, 6.45) is 0. The molecule has 0 fully saturated rings. The van der Waals surface area contributed by atoms with Gasteiger partial charge in [-0.15, -0.1) is 11.3 Å². The van der Waals surface area contributed by atoms with Crippen LogP contribution in [-0.2, 0) is 16.1 Å². The molecule has 0 bridgehead atoms. The molecule has 0 atom stereocenters. The van der Waals surface area contributed by atoms with Gasteiger partial charge in [-0.1, -0.05) is 6.07 Å². The van der Waals surface area contributed by atoms with Crippen molar-refractivity contribution in [2.75, 3.05) is 12.3 Å². The second-order valence-corrected chi connectivity index (χ2v) is 5.09. The van der Waals surface area contributed by atoms with Gasteiger partial charge in [0.2, 0.25) is 0 Å². The maximum atomic E-state index is 11.7. The van der Waals surface area contributed by atoms with Crippen LogP contribution in [0.3, 0.4) is 0 Å². The minimum atomic E-state index is -0.545. The van der Waals surface area contributed by atoms with E-state index in [2.05, 4.69) is 5.32 Å². The van der Waals surface area contributed by atoms with E-state index in [9.17, 15) is 9.59 Å². The first kappa shape index (κ1) is 14.1. The number of rotatable bonds is 5. The largest absolute Gasteiger partial charge is 0.452 e. The second kappa shape index (κ2) is 6.72. The third kappa shape index (κ3) is 4.10. The Bertz CT molecular complexity index is 579. The van der Waals surface area contributed by atoms with Crippen molar-refractivity contribution >= 4 is 28.9 Å². The van der Waals surface area contributed by atoms with Gasteiger partial charge in [0, 0.05) is 10.6 Å². The van der Waals surface area contributed by atoms with Crippen LogP contribution in [0.5, 0.6) is 0 Å². The molecule has 5 nitrogen and oxygen atoms in total. The first-order valence-electron chi connectivity index (χ1n) is 5.97. The molecular weight excluding hydrogens is 276 g/mol. The van der Waals surface area contributed by atoms with Gasteiger partial charge in [-0.05, 0) is 35.7 Å². The molecule has 0 aliphatic rings. The lowest BCUT2D eigenvalue weighted by atomic mass is 10.2. The number of ether oxygens (including phenoxy) is 1. The van der Waals surface area contributed by atoms with Crippen LogP contribution in [0.2, 0.25) is 0 Å². The quantitative estimate of drug-likeness (QED) is 0.650. The van der Waals surface area contributed by atoms with Gasteiger partial charge in [0.25, 0.3) is 5.91 Å². The Morgan fingerprint density at radius 2 is 1.95 bits per heavy atom. The summed E-state index contributed by atoms with van der Waals surface area (Å²) in [4.78, 5) is 24.2. The maximum absolute atomic E-state index is 11.7. The Kier molecular flexibility index (Phi) is 4.73. The monoisotopic (exact) mass is 290 g/mol. The number of nitrogens with one attached hydrogen (secondary N) is 1. The summed E-state index contributed by atoms with van der Waals surface area (Å²) < 4.78 is 4.91. The predicted octanol–water partition coefficient (Wildman–Crippen LogP) is 1.80. The fourth-order valence-corrected chi connectivity index (χ4v) is 2.13. The van der Waals surface area contributed by atoms with Crippen molar-refractivity contribution in [3.63, 3.8) is 0 Å². The molecule has 1 aromatic heterocycles. The lowest BCUT2D eigenvalue weighted by Crippen LogP contribution is -2.28. The van der Waals surface area contributed by atoms with Crippen molar-refractivity contribution in [2.45, 2.75) is 6.54 Å². The van der Waals surface area contributed by atoms with Crippen molar-refractivity contribution in [3.05, 3.63) is 52.2 Å². The van der Waals surface area contributed by atoms with E-state index in [0.29, 0.717) is 17.8 Å². The molecule has 0 radical (unpaired) electrons. The zero-order valence-electron chi connectivity index (χ0n) is 10.7. The molecule has 0 unspecified atom stereocenters. The van der Waals surface area contributed by atoms with Crippen LogP contribution in [0.15, 0.2) is 41.8 Å². The molecule has 104 valence electrons. The zero-order valence-corrected chi connectivity index (χ0v) is 11.5. The molecule has 0 saturated heterocycles. The number of hydrogen-bond acceptors (Lipinski definition) is 5. The number of nitrogen functional groups attached to an aromatic ring is 1. The van der Waals surface area contributed by atoms with E-state index < -0.39 is 5.97 Å². The van der Waals surface area contributed by atoms with Crippen molar-refractivity contribution in [3.8, 4) is 0 Å². The Morgan fingerprint density at radius 3 is 2.60 bits per heavy atom. The Balaban J connectivity index is 1.75.